The van der Waals surface area contributed by atoms with E-state index in [1.165, 1.54) is 13.0 Å². The molecule has 0 aliphatic rings. The van der Waals surface area contributed by atoms with Crippen LogP contribution in [0.15, 0.2) is 18.2 Å². The van der Waals surface area contributed by atoms with E-state index in [1.54, 1.807) is 19.1 Å². The van der Waals surface area contributed by atoms with Crippen molar-refractivity contribution < 1.29 is 23.1 Å². The first kappa shape index (κ1) is 15.8. The van der Waals surface area contributed by atoms with Crippen LogP contribution < -0.4 is 5.32 Å². The Morgan fingerprint density at radius 2 is 2.09 bits per heavy atom. The topological polar surface area (TPSA) is 90.9 Å². The number of alkyl halides is 3. The van der Waals surface area contributed by atoms with E-state index in [9.17, 15) is 23.1 Å². The van der Waals surface area contributed by atoms with Crippen molar-refractivity contribution in [3.05, 3.63) is 41.0 Å². The molecular weight excluding hydrogens is 301 g/mol. The minimum absolute atomic E-state index is 0.0300. The maximum Gasteiger partial charge on any atom is 0.453 e. The minimum atomic E-state index is -4.66. The molecule has 0 radical (unpaired) electrons. The Morgan fingerprint density at radius 1 is 1.41 bits per heavy atom. The average Bonchev–Trinajstić information content (AvgIpc) is 2.91. The SMILES string of the molecule is Cc1cccc(C(=O)NC(C)c2nc(C(F)(F)F)n[nH]2)c1O. The van der Waals surface area contributed by atoms with E-state index in [1.807, 2.05) is 0 Å². The summed E-state index contributed by atoms with van der Waals surface area (Å²) in [6.07, 6.45) is -4.66. The van der Waals surface area contributed by atoms with E-state index in [0.717, 1.165) is 0 Å². The fourth-order valence-electron chi connectivity index (χ4n) is 1.78. The van der Waals surface area contributed by atoms with Crippen LogP contribution in [0.5, 0.6) is 5.75 Å². The number of phenols is 1. The Kier molecular flexibility index (Phi) is 4.07. The van der Waals surface area contributed by atoms with E-state index in [4.69, 9.17) is 0 Å². The summed E-state index contributed by atoms with van der Waals surface area (Å²) in [4.78, 5) is 15.3. The van der Waals surface area contributed by atoms with Crippen LogP contribution in [0.4, 0.5) is 13.2 Å². The summed E-state index contributed by atoms with van der Waals surface area (Å²) in [7, 11) is 0. The maximum absolute atomic E-state index is 12.4. The molecule has 3 N–H and O–H groups in total. The molecule has 2 rings (SSSR count). The molecule has 9 heteroatoms. The molecular formula is C13H13F3N4O2. The predicted octanol–water partition coefficient (Wildman–Crippen LogP) is 2.33. The van der Waals surface area contributed by atoms with Gasteiger partial charge in [0.1, 0.15) is 11.6 Å². The number of halogens is 3. The predicted molar refractivity (Wildman–Crippen MR) is 70.1 cm³/mol. The van der Waals surface area contributed by atoms with E-state index in [2.05, 4.69) is 20.5 Å². The summed E-state index contributed by atoms with van der Waals surface area (Å²) in [5.74, 6) is -2.24. The molecule has 1 amide bonds. The van der Waals surface area contributed by atoms with Crippen LogP contribution in [0.25, 0.3) is 0 Å². The number of aromatic hydroxyl groups is 1. The number of aromatic amines is 1. The van der Waals surface area contributed by atoms with Gasteiger partial charge in [-0.15, -0.1) is 5.10 Å². The molecule has 0 aliphatic heterocycles. The Bertz CT molecular complexity index is 697. The number of rotatable bonds is 3. The van der Waals surface area contributed by atoms with Crippen molar-refractivity contribution in [2.24, 2.45) is 0 Å². The fourth-order valence-corrected chi connectivity index (χ4v) is 1.78. The first-order valence-corrected chi connectivity index (χ1v) is 6.29. The zero-order chi connectivity index (χ0) is 16.5. The lowest BCUT2D eigenvalue weighted by Crippen LogP contribution is -2.27. The summed E-state index contributed by atoms with van der Waals surface area (Å²) >= 11 is 0. The van der Waals surface area contributed by atoms with Gasteiger partial charge in [-0.05, 0) is 25.5 Å². The van der Waals surface area contributed by atoms with Crippen molar-refractivity contribution in [2.75, 3.05) is 0 Å². The van der Waals surface area contributed by atoms with Crippen molar-refractivity contribution in [3.63, 3.8) is 0 Å². The maximum atomic E-state index is 12.4. The number of hydrogen-bond donors (Lipinski definition) is 3. The number of aromatic nitrogens is 3. The zero-order valence-corrected chi connectivity index (χ0v) is 11.7. The molecule has 0 bridgehead atoms. The molecule has 0 saturated carbocycles. The van der Waals surface area contributed by atoms with Gasteiger partial charge in [-0.3, -0.25) is 9.89 Å². The van der Waals surface area contributed by atoms with Gasteiger partial charge in [0.05, 0.1) is 11.6 Å². The number of aryl methyl sites for hydroxylation is 1. The summed E-state index contributed by atoms with van der Waals surface area (Å²) in [6.45, 7) is 3.08. The van der Waals surface area contributed by atoms with E-state index in [0.29, 0.717) is 5.56 Å². The highest BCUT2D eigenvalue weighted by Crippen LogP contribution is 2.26. The lowest BCUT2D eigenvalue weighted by atomic mass is 10.1. The second kappa shape index (κ2) is 5.66. The molecule has 0 saturated heterocycles. The van der Waals surface area contributed by atoms with Crippen LogP contribution in [0.3, 0.4) is 0 Å². The molecule has 1 aromatic heterocycles. The van der Waals surface area contributed by atoms with Crippen molar-refractivity contribution in [3.8, 4) is 5.75 Å². The highest BCUT2D eigenvalue weighted by Gasteiger charge is 2.36. The molecule has 0 spiro atoms. The van der Waals surface area contributed by atoms with Crippen molar-refractivity contribution >= 4 is 5.91 Å². The molecule has 6 nitrogen and oxygen atoms in total. The fraction of sp³-hybridized carbons (Fsp3) is 0.308. The number of amides is 1. The van der Waals surface area contributed by atoms with Crippen molar-refractivity contribution in [1.82, 2.24) is 20.5 Å². The Balaban J connectivity index is 2.15. The van der Waals surface area contributed by atoms with Gasteiger partial charge in [0.15, 0.2) is 0 Å². The summed E-state index contributed by atoms with van der Waals surface area (Å²) in [5, 5.41) is 17.5. The number of phenolic OH excluding ortho intramolecular Hbond substituents is 1. The van der Waals surface area contributed by atoms with Crippen LogP contribution in [0.1, 0.15) is 40.5 Å². The molecule has 0 aliphatic carbocycles. The number of carbonyl (C=O) groups is 1. The largest absolute Gasteiger partial charge is 0.507 e. The third-order valence-electron chi connectivity index (χ3n) is 3.00. The van der Waals surface area contributed by atoms with Crippen LogP contribution in [-0.2, 0) is 6.18 Å². The second-order valence-corrected chi connectivity index (χ2v) is 4.71. The molecule has 1 atom stereocenters. The van der Waals surface area contributed by atoms with Crippen LogP contribution >= 0.6 is 0 Å². The molecule has 2 aromatic rings. The van der Waals surface area contributed by atoms with Gasteiger partial charge in [-0.1, -0.05) is 12.1 Å². The van der Waals surface area contributed by atoms with Crippen LogP contribution in [0.2, 0.25) is 0 Å². The van der Waals surface area contributed by atoms with Gasteiger partial charge in [-0.25, -0.2) is 4.98 Å². The van der Waals surface area contributed by atoms with Gasteiger partial charge in [0, 0.05) is 0 Å². The van der Waals surface area contributed by atoms with Gasteiger partial charge in [0.2, 0.25) is 0 Å². The zero-order valence-electron chi connectivity index (χ0n) is 11.7. The lowest BCUT2D eigenvalue weighted by molar-refractivity contribution is -0.144. The summed E-state index contributed by atoms with van der Waals surface area (Å²) < 4.78 is 37.3. The van der Waals surface area contributed by atoms with Gasteiger partial charge < -0.3 is 10.4 Å². The van der Waals surface area contributed by atoms with Crippen molar-refractivity contribution in [1.29, 1.82) is 0 Å². The number of para-hydroxylation sites is 1. The minimum Gasteiger partial charge on any atom is -0.507 e. The average molecular weight is 314 g/mol. The Morgan fingerprint density at radius 3 is 2.68 bits per heavy atom. The van der Waals surface area contributed by atoms with Gasteiger partial charge >= 0.3 is 6.18 Å². The van der Waals surface area contributed by atoms with E-state index < -0.39 is 23.9 Å². The highest BCUT2D eigenvalue weighted by atomic mass is 19.4. The lowest BCUT2D eigenvalue weighted by Gasteiger charge is -2.12. The van der Waals surface area contributed by atoms with Gasteiger partial charge in [0.25, 0.3) is 11.7 Å². The first-order chi connectivity index (χ1) is 10.2. The number of carbonyl (C=O) groups excluding carboxylic acids is 1. The molecule has 1 unspecified atom stereocenters. The normalized spacial score (nSPS) is 13.0. The number of H-pyrrole nitrogens is 1. The summed E-state index contributed by atoms with van der Waals surface area (Å²) in [6, 6.07) is 3.79. The molecule has 1 aromatic carbocycles. The summed E-state index contributed by atoms with van der Waals surface area (Å²) in [5.41, 5.74) is 0.543. The first-order valence-electron chi connectivity index (χ1n) is 6.29. The second-order valence-electron chi connectivity index (χ2n) is 4.71. The quantitative estimate of drug-likeness (QED) is 0.811. The number of hydrogen-bond acceptors (Lipinski definition) is 4. The number of benzene rings is 1. The number of nitrogens with one attached hydrogen (secondary N) is 2. The third kappa shape index (κ3) is 3.18. The Labute approximate surface area is 123 Å². The molecule has 0 fully saturated rings. The van der Waals surface area contributed by atoms with Crippen molar-refractivity contribution in [2.45, 2.75) is 26.1 Å². The van der Waals surface area contributed by atoms with E-state index in [-0.39, 0.29) is 17.1 Å². The standard InChI is InChI=1S/C13H13F3N4O2/c1-6-4-3-5-8(9(6)21)11(22)17-7(2)10-18-12(20-19-10)13(14,15)16/h3-5,7,21H,1-2H3,(H,17,22)(H,18,19,20). The molecule has 22 heavy (non-hydrogen) atoms. The smallest absolute Gasteiger partial charge is 0.453 e. The third-order valence-corrected chi connectivity index (χ3v) is 3.00. The molecule has 1 heterocycles. The van der Waals surface area contributed by atoms with E-state index >= 15 is 0 Å². The van der Waals surface area contributed by atoms with Crippen LogP contribution in [0, 0.1) is 6.92 Å². The van der Waals surface area contributed by atoms with Gasteiger partial charge in [-0.2, -0.15) is 13.2 Å². The number of nitrogens with zero attached hydrogens (tertiary/aromatic N) is 2. The van der Waals surface area contributed by atoms with Crippen LogP contribution in [-0.4, -0.2) is 26.2 Å². The Hall–Kier alpha value is -2.58. The monoisotopic (exact) mass is 314 g/mol. The highest BCUT2D eigenvalue weighted by molar-refractivity contribution is 5.97. The molecule has 118 valence electrons.